The summed E-state index contributed by atoms with van der Waals surface area (Å²) >= 11 is 0. The largest absolute Gasteiger partial charge is 0.310 e. The summed E-state index contributed by atoms with van der Waals surface area (Å²) in [5, 5.41) is 2.49. The van der Waals surface area contributed by atoms with Gasteiger partial charge in [-0.25, -0.2) is 0 Å². The Morgan fingerprint density at radius 1 is 0.245 bits per heavy atom. The van der Waals surface area contributed by atoms with E-state index in [1.54, 1.807) is 0 Å². The van der Waals surface area contributed by atoms with Gasteiger partial charge in [-0.1, -0.05) is 188 Å². The highest BCUT2D eigenvalue weighted by molar-refractivity contribution is 6.01. The van der Waals surface area contributed by atoms with Gasteiger partial charge in [0.15, 0.2) is 0 Å². The summed E-state index contributed by atoms with van der Waals surface area (Å²) in [5.74, 6) is 0. The average Bonchev–Trinajstić information content (AvgIpc) is 3.25. The lowest BCUT2D eigenvalue weighted by molar-refractivity contribution is 1.28. The Morgan fingerprint density at radius 3 is 1.30 bits per heavy atom. The SMILES string of the molecule is c1ccc(-c2ccc(N(c3ccc(-c4ccc5ccccc5c4)cc3)c3cccc(-c4ccccc4)c3-c3ccccc3-c3ccccc3)cc2)cc1. The molecule has 0 aliphatic heterocycles. The number of fused-ring (bicyclic) bond motifs is 1. The number of benzene rings is 9. The summed E-state index contributed by atoms with van der Waals surface area (Å²) < 4.78 is 0. The minimum Gasteiger partial charge on any atom is -0.310 e. The van der Waals surface area contributed by atoms with Gasteiger partial charge in [-0.3, -0.25) is 0 Å². The van der Waals surface area contributed by atoms with Crippen LogP contribution in [0.4, 0.5) is 17.1 Å². The van der Waals surface area contributed by atoms with Gasteiger partial charge in [-0.05, 0) is 97.2 Å². The smallest absolute Gasteiger partial charge is 0.0546 e. The van der Waals surface area contributed by atoms with E-state index in [4.69, 9.17) is 0 Å². The molecule has 0 amide bonds. The van der Waals surface area contributed by atoms with E-state index in [0.29, 0.717) is 0 Å². The van der Waals surface area contributed by atoms with Gasteiger partial charge in [0.1, 0.15) is 0 Å². The van der Waals surface area contributed by atoms with E-state index < -0.39 is 0 Å². The van der Waals surface area contributed by atoms with Crippen molar-refractivity contribution in [2.24, 2.45) is 0 Å². The van der Waals surface area contributed by atoms with Gasteiger partial charge in [0, 0.05) is 16.9 Å². The molecule has 53 heavy (non-hydrogen) atoms. The van der Waals surface area contributed by atoms with Gasteiger partial charge < -0.3 is 4.90 Å². The zero-order valence-corrected chi connectivity index (χ0v) is 29.3. The first-order valence-corrected chi connectivity index (χ1v) is 18.2. The summed E-state index contributed by atoms with van der Waals surface area (Å²) in [5.41, 5.74) is 15.2. The molecule has 1 nitrogen and oxygen atoms in total. The Kier molecular flexibility index (Phi) is 8.66. The van der Waals surface area contributed by atoms with Gasteiger partial charge in [0.2, 0.25) is 0 Å². The Hall–Kier alpha value is -6.96. The molecule has 0 unspecified atom stereocenters. The molecule has 0 atom stereocenters. The predicted octanol–water partition coefficient (Wildman–Crippen LogP) is 14.6. The second kappa shape index (κ2) is 14.3. The zero-order valence-electron chi connectivity index (χ0n) is 29.3. The van der Waals surface area contributed by atoms with E-state index >= 15 is 0 Å². The lowest BCUT2D eigenvalue weighted by Gasteiger charge is -2.30. The van der Waals surface area contributed by atoms with Crippen LogP contribution in [0.25, 0.3) is 66.4 Å². The first-order valence-electron chi connectivity index (χ1n) is 18.2. The van der Waals surface area contributed by atoms with Crippen molar-refractivity contribution in [1.29, 1.82) is 0 Å². The van der Waals surface area contributed by atoms with Crippen molar-refractivity contribution in [1.82, 2.24) is 0 Å². The molecular weight excluding hydrogens is 639 g/mol. The van der Waals surface area contributed by atoms with Gasteiger partial charge in [0.05, 0.1) is 5.69 Å². The van der Waals surface area contributed by atoms with E-state index in [9.17, 15) is 0 Å². The van der Waals surface area contributed by atoms with Gasteiger partial charge >= 0.3 is 0 Å². The first-order chi connectivity index (χ1) is 26.3. The Morgan fingerprint density at radius 2 is 0.679 bits per heavy atom. The third kappa shape index (κ3) is 6.42. The van der Waals surface area contributed by atoms with Crippen LogP contribution in [-0.2, 0) is 0 Å². The molecule has 1 heteroatoms. The van der Waals surface area contributed by atoms with Crippen molar-refractivity contribution < 1.29 is 0 Å². The van der Waals surface area contributed by atoms with E-state index in [2.05, 4.69) is 229 Å². The van der Waals surface area contributed by atoms with Crippen molar-refractivity contribution >= 4 is 27.8 Å². The Bertz CT molecular complexity index is 2630. The molecule has 0 aliphatic rings. The number of hydrogen-bond acceptors (Lipinski definition) is 1. The molecule has 0 bridgehead atoms. The maximum Gasteiger partial charge on any atom is 0.0546 e. The maximum atomic E-state index is 2.42. The Labute approximate surface area is 311 Å². The minimum atomic E-state index is 1.09. The first kappa shape index (κ1) is 32.0. The fourth-order valence-corrected chi connectivity index (χ4v) is 7.47. The molecule has 250 valence electrons. The molecule has 0 radical (unpaired) electrons. The lowest BCUT2D eigenvalue weighted by atomic mass is 9.87. The van der Waals surface area contributed by atoms with Crippen molar-refractivity contribution in [2.75, 3.05) is 4.90 Å². The quantitative estimate of drug-likeness (QED) is 0.155. The van der Waals surface area contributed by atoms with Crippen LogP contribution >= 0.6 is 0 Å². The fraction of sp³-hybridized carbons (Fsp3) is 0. The van der Waals surface area contributed by atoms with Crippen molar-refractivity contribution in [2.45, 2.75) is 0 Å². The molecule has 0 saturated heterocycles. The van der Waals surface area contributed by atoms with Crippen LogP contribution in [0, 0.1) is 0 Å². The van der Waals surface area contributed by atoms with E-state index in [-0.39, 0.29) is 0 Å². The fourth-order valence-electron chi connectivity index (χ4n) is 7.47. The molecule has 9 aromatic carbocycles. The van der Waals surface area contributed by atoms with Crippen LogP contribution in [0.1, 0.15) is 0 Å². The number of nitrogens with zero attached hydrogens (tertiary/aromatic N) is 1. The number of anilines is 3. The summed E-state index contributed by atoms with van der Waals surface area (Å²) in [6, 6.07) is 80.9. The summed E-state index contributed by atoms with van der Waals surface area (Å²) in [6.07, 6.45) is 0. The molecule has 0 aliphatic carbocycles. The third-order valence-electron chi connectivity index (χ3n) is 10.1. The lowest BCUT2D eigenvalue weighted by Crippen LogP contribution is -2.12. The molecule has 0 spiro atoms. The topological polar surface area (TPSA) is 3.24 Å². The van der Waals surface area contributed by atoms with Crippen molar-refractivity contribution in [3.63, 3.8) is 0 Å². The van der Waals surface area contributed by atoms with Crippen molar-refractivity contribution in [3.8, 4) is 55.6 Å². The van der Waals surface area contributed by atoms with Crippen LogP contribution in [-0.4, -0.2) is 0 Å². The molecule has 0 fully saturated rings. The van der Waals surface area contributed by atoms with Crippen LogP contribution in [0.3, 0.4) is 0 Å². The third-order valence-corrected chi connectivity index (χ3v) is 10.1. The average molecular weight is 676 g/mol. The monoisotopic (exact) mass is 675 g/mol. The second-order valence-electron chi connectivity index (χ2n) is 13.3. The molecule has 9 aromatic rings. The number of hydrogen-bond donors (Lipinski definition) is 0. The summed E-state index contributed by atoms with van der Waals surface area (Å²) in [6.45, 7) is 0. The standard InChI is InChI=1S/C52H37N/c1-4-15-38(16-5-1)40-29-33-46(34-30-40)53(47-35-31-41(32-36-47)45-28-27-39-17-10-11-22-44(39)37-45)51-26-14-25-49(43-20-8-3-9-21-43)52(51)50-24-13-12-23-48(50)42-18-6-2-7-19-42/h1-37H. The molecule has 0 saturated carbocycles. The maximum absolute atomic E-state index is 2.42. The van der Waals surface area contributed by atoms with Crippen molar-refractivity contribution in [3.05, 3.63) is 224 Å². The predicted molar refractivity (Wildman–Crippen MR) is 226 cm³/mol. The Balaban J connectivity index is 1.26. The second-order valence-corrected chi connectivity index (χ2v) is 13.3. The van der Waals surface area contributed by atoms with E-state index in [0.717, 1.165) is 17.1 Å². The highest BCUT2D eigenvalue weighted by Crippen LogP contribution is 2.48. The molecule has 0 heterocycles. The highest BCUT2D eigenvalue weighted by Gasteiger charge is 2.22. The normalized spacial score (nSPS) is 11.0. The zero-order chi connectivity index (χ0) is 35.4. The molecule has 0 aromatic heterocycles. The highest BCUT2D eigenvalue weighted by atomic mass is 15.1. The minimum absolute atomic E-state index is 1.09. The van der Waals surface area contributed by atoms with Crippen LogP contribution in [0.2, 0.25) is 0 Å². The molecule has 0 N–H and O–H groups in total. The van der Waals surface area contributed by atoms with Crippen LogP contribution < -0.4 is 4.90 Å². The number of rotatable bonds is 8. The van der Waals surface area contributed by atoms with Gasteiger partial charge in [-0.15, -0.1) is 0 Å². The molecule has 9 rings (SSSR count). The van der Waals surface area contributed by atoms with Gasteiger partial charge in [0.25, 0.3) is 0 Å². The van der Waals surface area contributed by atoms with Gasteiger partial charge in [-0.2, -0.15) is 0 Å². The summed E-state index contributed by atoms with van der Waals surface area (Å²) in [4.78, 5) is 2.42. The molecular formula is C52H37N. The van der Waals surface area contributed by atoms with E-state index in [1.807, 2.05) is 0 Å². The summed E-state index contributed by atoms with van der Waals surface area (Å²) in [7, 11) is 0. The van der Waals surface area contributed by atoms with E-state index in [1.165, 1.54) is 66.4 Å². The van der Waals surface area contributed by atoms with Crippen LogP contribution in [0.15, 0.2) is 224 Å². The van der Waals surface area contributed by atoms with Crippen LogP contribution in [0.5, 0.6) is 0 Å².